The zero-order valence-electron chi connectivity index (χ0n) is 9.99. The van der Waals surface area contributed by atoms with Crippen LogP contribution in [-0.4, -0.2) is 55.5 Å². The summed E-state index contributed by atoms with van der Waals surface area (Å²) < 4.78 is 5.47. The van der Waals surface area contributed by atoms with Crippen molar-refractivity contribution in [1.29, 1.82) is 0 Å². The Kier molecular flexibility index (Phi) is 6.17. The molecule has 2 N–H and O–H groups in total. The van der Waals surface area contributed by atoms with Crippen LogP contribution in [0.2, 0.25) is 0 Å². The number of ether oxygens (including phenoxy) is 1. The Bertz CT molecular complexity index is 396. The van der Waals surface area contributed by atoms with Crippen LogP contribution in [0.25, 0.3) is 0 Å². The molecule has 0 unspecified atom stereocenters. The molecule has 0 aromatic carbocycles. The highest BCUT2D eigenvalue weighted by atomic mass is 79.9. The molecule has 0 aliphatic rings. The molecule has 17 heavy (non-hydrogen) atoms. The number of aromatic nitrogens is 2. The van der Waals surface area contributed by atoms with E-state index < -0.39 is 0 Å². The first-order chi connectivity index (χ1) is 8.15. The molecule has 6 nitrogen and oxygen atoms in total. The molecule has 1 aromatic rings. The van der Waals surface area contributed by atoms with Crippen LogP contribution in [0.5, 0.6) is 0 Å². The minimum Gasteiger partial charge on any atom is -0.383 e. The summed E-state index contributed by atoms with van der Waals surface area (Å²) >= 11 is 3.21. The van der Waals surface area contributed by atoms with Crippen molar-refractivity contribution < 1.29 is 4.74 Å². The van der Waals surface area contributed by atoms with Crippen LogP contribution in [0.15, 0.2) is 15.5 Å². The predicted octanol–water partition coefficient (Wildman–Crippen LogP) is 0.522. The third kappa shape index (κ3) is 4.84. The van der Waals surface area contributed by atoms with E-state index in [1.54, 1.807) is 13.3 Å². The van der Waals surface area contributed by atoms with E-state index in [1.165, 1.54) is 0 Å². The number of anilines is 1. The molecule has 1 aromatic heterocycles. The maximum atomic E-state index is 11.2. The van der Waals surface area contributed by atoms with Gasteiger partial charge in [0.1, 0.15) is 4.47 Å². The first-order valence-corrected chi connectivity index (χ1v) is 6.09. The summed E-state index contributed by atoms with van der Waals surface area (Å²) in [5, 5.41) is 9.23. The molecule has 0 aliphatic heterocycles. The molecule has 0 fully saturated rings. The Labute approximate surface area is 108 Å². The lowest BCUT2D eigenvalue weighted by Gasteiger charge is -2.16. The third-order valence-corrected chi connectivity index (χ3v) is 3.07. The molecule has 0 aliphatic carbocycles. The maximum Gasteiger partial charge on any atom is 0.280 e. The van der Waals surface area contributed by atoms with Crippen LogP contribution in [0.3, 0.4) is 0 Å². The molecule has 1 heterocycles. The molecule has 0 amide bonds. The van der Waals surface area contributed by atoms with Gasteiger partial charge in [0, 0.05) is 26.7 Å². The summed E-state index contributed by atoms with van der Waals surface area (Å²) in [6.45, 7) is 3.20. The molecule has 0 saturated heterocycles. The second-order valence-electron chi connectivity index (χ2n) is 3.65. The zero-order chi connectivity index (χ0) is 12.7. The number of halogens is 1. The maximum absolute atomic E-state index is 11.2. The fourth-order valence-corrected chi connectivity index (χ4v) is 1.58. The molecule has 0 bridgehead atoms. The van der Waals surface area contributed by atoms with Crippen molar-refractivity contribution in [1.82, 2.24) is 15.1 Å². The van der Waals surface area contributed by atoms with Gasteiger partial charge in [0.15, 0.2) is 0 Å². The van der Waals surface area contributed by atoms with Gasteiger partial charge in [-0.15, -0.1) is 0 Å². The number of rotatable bonds is 7. The van der Waals surface area contributed by atoms with Crippen LogP contribution in [0.4, 0.5) is 5.69 Å². The Morgan fingerprint density at radius 1 is 1.59 bits per heavy atom. The monoisotopic (exact) mass is 304 g/mol. The Balaban J connectivity index is 2.36. The van der Waals surface area contributed by atoms with Crippen LogP contribution in [-0.2, 0) is 4.74 Å². The van der Waals surface area contributed by atoms with Gasteiger partial charge >= 0.3 is 0 Å². The standard InChI is InChI=1S/C10H17BrN4O2/c1-15(5-6-17-2)4-3-12-8-7-13-14-10(16)9(8)11/h7H,3-6H2,1-2H3,(H2,12,14,16). The van der Waals surface area contributed by atoms with E-state index in [1.807, 2.05) is 7.05 Å². The van der Waals surface area contributed by atoms with Crippen LogP contribution < -0.4 is 10.9 Å². The second kappa shape index (κ2) is 7.41. The van der Waals surface area contributed by atoms with Gasteiger partial charge in [-0.1, -0.05) is 0 Å². The van der Waals surface area contributed by atoms with Gasteiger partial charge in [0.2, 0.25) is 0 Å². The summed E-state index contributed by atoms with van der Waals surface area (Å²) in [4.78, 5) is 13.4. The SMILES string of the molecule is COCCN(C)CCNc1cn[nH]c(=O)c1Br. The molecule has 7 heteroatoms. The topological polar surface area (TPSA) is 70.2 Å². The predicted molar refractivity (Wildman–Crippen MR) is 70.4 cm³/mol. The minimum atomic E-state index is -0.234. The van der Waals surface area contributed by atoms with E-state index in [0.29, 0.717) is 16.8 Å². The highest BCUT2D eigenvalue weighted by Crippen LogP contribution is 2.14. The van der Waals surface area contributed by atoms with Gasteiger partial charge in [-0.3, -0.25) is 4.79 Å². The van der Waals surface area contributed by atoms with Crippen molar-refractivity contribution in [2.45, 2.75) is 0 Å². The number of likely N-dealkylation sites (N-methyl/N-ethyl adjacent to an activating group) is 1. The minimum absolute atomic E-state index is 0.234. The Hall–Kier alpha value is -0.920. The van der Waals surface area contributed by atoms with Crippen LogP contribution >= 0.6 is 15.9 Å². The smallest absolute Gasteiger partial charge is 0.280 e. The van der Waals surface area contributed by atoms with Crippen molar-refractivity contribution in [3.63, 3.8) is 0 Å². The zero-order valence-corrected chi connectivity index (χ0v) is 11.6. The lowest BCUT2D eigenvalue weighted by Crippen LogP contribution is -2.28. The average molecular weight is 305 g/mol. The number of hydrogen-bond donors (Lipinski definition) is 2. The molecule has 0 atom stereocenters. The van der Waals surface area contributed by atoms with Crippen molar-refractivity contribution in [2.24, 2.45) is 0 Å². The highest BCUT2D eigenvalue weighted by molar-refractivity contribution is 9.10. The van der Waals surface area contributed by atoms with E-state index >= 15 is 0 Å². The van der Waals surface area contributed by atoms with E-state index in [0.717, 1.165) is 19.6 Å². The molecular formula is C10H17BrN4O2. The number of hydrogen-bond acceptors (Lipinski definition) is 5. The summed E-state index contributed by atoms with van der Waals surface area (Å²) in [5.74, 6) is 0. The lowest BCUT2D eigenvalue weighted by atomic mass is 10.4. The second-order valence-corrected chi connectivity index (χ2v) is 4.44. The van der Waals surface area contributed by atoms with E-state index in [4.69, 9.17) is 4.74 Å². The van der Waals surface area contributed by atoms with Crippen molar-refractivity contribution in [3.8, 4) is 0 Å². The first-order valence-electron chi connectivity index (χ1n) is 5.29. The number of methoxy groups -OCH3 is 1. The number of H-pyrrole nitrogens is 1. The lowest BCUT2D eigenvalue weighted by molar-refractivity contribution is 0.163. The Morgan fingerprint density at radius 2 is 2.35 bits per heavy atom. The van der Waals surface area contributed by atoms with Gasteiger partial charge in [-0.2, -0.15) is 5.10 Å². The summed E-state index contributed by atoms with van der Waals surface area (Å²) in [6, 6.07) is 0. The normalized spacial score (nSPS) is 10.8. The fourth-order valence-electron chi connectivity index (χ4n) is 1.25. The van der Waals surface area contributed by atoms with Gasteiger partial charge in [-0.25, -0.2) is 5.10 Å². The molecule has 0 radical (unpaired) electrons. The summed E-state index contributed by atoms with van der Waals surface area (Å²) in [6.07, 6.45) is 1.58. The number of aromatic amines is 1. The first kappa shape index (κ1) is 14.1. The molecule has 96 valence electrons. The molecule has 1 rings (SSSR count). The number of nitrogens with one attached hydrogen (secondary N) is 2. The molecule has 0 saturated carbocycles. The molecule has 0 spiro atoms. The van der Waals surface area contributed by atoms with Crippen molar-refractivity contribution >= 4 is 21.6 Å². The van der Waals surface area contributed by atoms with Crippen LogP contribution in [0, 0.1) is 0 Å². The van der Waals surface area contributed by atoms with Gasteiger partial charge < -0.3 is 15.0 Å². The average Bonchev–Trinajstić information content (AvgIpc) is 2.32. The quantitative estimate of drug-likeness (QED) is 0.769. The summed E-state index contributed by atoms with van der Waals surface area (Å²) in [5.41, 5.74) is 0.469. The van der Waals surface area contributed by atoms with Gasteiger partial charge in [-0.05, 0) is 23.0 Å². The van der Waals surface area contributed by atoms with Crippen molar-refractivity contribution in [3.05, 3.63) is 21.0 Å². The van der Waals surface area contributed by atoms with Gasteiger partial charge in [0.25, 0.3) is 5.56 Å². The molecular weight excluding hydrogens is 288 g/mol. The largest absolute Gasteiger partial charge is 0.383 e. The van der Waals surface area contributed by atoms with Crippen LogP contribution in [0.1, 0.15) is 0 Å². The fraction of sp³-hybridized carbons (Fsp3) is 0.600. The highest BCUT2D eigenvalue weighted by Gasteiger charge is 2.04. The number of nitrogens with zero attached hydrogens (tertiary/aromatic N) is 2. The van der Waals surface area contributed by atoms with E-state index in [2.05, 4.69) is 36.3 Å². The Morgan fingerprint density at radius 3 is 3.06 bits per heavy atom. The van der Waals surface area contributed by atoms with E-state index in [9.17, 15) is 4.79 Å². The third-order valence-electron chi connectivity index (χ3n) is 2.28. The van der Waals surface area contributed by atoms with Crippen molar-refractivity contribution in [2.75, 3.05) is 45.7 Å². The summed E-state index contributed by atoms with van der Waals surface area (Å²) in [7, 11) is 3.71. The van der Waals surface area contributed by atoms with Gasteiger partial charge in [0.05, 0.1) is 18.5 Å². The van der Waals surface area contributed by atoms with E-state index in [-0.39, 0.29) is 5.56 Å².